The van der Waals surface area contributed by atoms with Gasteiger partial charge in [0.1, 0.15) is 0 Å². The number of nitrogens with zero attached hydrogens (tertiary/aromatic N) is 1. The van der Waals surface area contributed by atoms with Gasteiger partial charge in [0.05, 0.1) is 12.0 Å². The molecule has 0 radical (unpaired) electrons. The number of halogens is 1. The number of benzene rings is 2. The second-order valence-corrected chi connectivity index (χ2v) is 7.88. The maximum absolute atomic E-state index is 13.8. The van der Waals surface area contributed by atoms with E-state index in [-0.39, 0.29) is 16.2 Å². The predicted octanol–water partition coefficient (Wildman–Crippen LogP) is 2.87. The zero-order chi connectivity index (χ0) is 18.7. The summed E-state index contributed by atoms with van der Waals surface area (Å²) in [7, 11) is -2.23. The van der Waals surface area contributed by atoms with Gasteiger partial charge in [0.25, 0.3) is 5.91 Å². The first kappa shape index (κ1) is 18.3. The molecule has 0 spiro atoms. The Bertz CT molecular complexity index is 925. The van der Waals surface area contributed by atoms with Gasteiger partial charge in [-0.25, -0.2) is 12.8 Å². The maximum atomic E-state index is 13.8. The lowest BCUT2D eigenvalue weighted by Crippen LogP contribution is -2.27. The van der Waals surface area contributed by atoms with E-state index < -0.39 is 21.7 Å². The minimum Gasteiger partial charge on any atom is -0.494 e. The highest BCUT2D eigenvalue weighted by Crippen LogP contribution is 2.24. The van der Waals surface area contributed by atoms with Crippen LogP contribution in [0.5, 0.6) is 5.75 Å². The number of ether oxygens (including phenoxy) is 1. The van der Waals surface area contributed by atoms with Crippen molar-refractivity contribution in [3.8, 4) is 5.75 Å². The van der Waals surface area contributed by atoms with Gasteiger partial charge in [-0.1, -0.05) is 6.07 Å². The number of carbonyl (C=O) groups is 1. The number of nitrogens with one attached hydrogen (secondary N) is 1. The van der Waals surface area contributed by atoms with Crippen molar-refractivity contribution >= 4 is 21.6 Å². The van der Waals surface area contributed by atoms with Gasteiger partial charge in [-0.15, -0.1) is 0 Å². The van der Waals surface area contributed by atoms with E-state index in [0.29, 0.717) is 18.8 Å². The summed E-state index contributed by atoms with van der Waals surface area (Å²) in [5.74, 6) is -1.15. The first-order valence-corrected chi connectivity index (χ1v) is 9.61. The maximum Gasteiger partial charge on any atom is 0.255 e. The van der Waals surface area contributed by atoms with Crippen LogP contribution in [0.2, 0.25) is 0 Å². The summed E-state index contributed by atoms with van der Waals surface area (Å²) in [6.45, 7) is 1.01. The van der Waals surface area contributed by atoms with E-state index in [1.807, 2.05) is 0 Å². The second kappa shape index (κ2) is 7.43. The van der Waals surface area contributed by atoms with Crippen LogP contribution in [0.4, 0.5) is 10.1 Å². The SMILES string of the molecule is COc1ccc(C(=O)Nc2cccc(S(=O)(=O)N3CCCC3)c2)cc1F. The van der Waals surface area contributed by atoms with Crippen LogP contribution >= 0.6 is 0 Å². The lowest BCUT2D eigenvalue weighted by atomic mass is 10.2. The smallest absolute Gasteiger partial charge is 0.255 e. The van der Waals surface area contributed by atoms with Gasteiger partial charge in [0, 0.05) is 24.3 Å². The average Bonchev–Trinajstić information content (AvgIpc) is 3.17. The van der Waals surface area contributed by atoms with Crippen LogP contribution in [-0.2, 0) is 10.0 Å². The molecule has 1 aliphatic rings. The Balaban J connectivity index is 1.80. The number of hydrogen-bond acceptors (Lipinski definition) is 4. The predicted molar refractivity (Wildman–Crippen MR) is 95.3 cm³/mol. The zero-order valence-electron chi connectivity index (χ0n) is 14.2. The lowest BCUT2D eigenvalue weighted by Gasteiger charge is -2.16. The number of methoxy groups -OCH3 is 1. The van der Waals surface area contributed by atoms with Crippen LogP contribution < -0.4 is 10.1 Å². The quantitative estimate of drug-likeness (QED) is 0.868. The molecule has 0 bridgehead atoms. The van der Waals surface area contributed by atoms with Crippen LogP contribution in [0.25, 0.3) is 0 Å². The Morgan fingerprint density at radius 3 is 2.54 bits per heavy atom. The summed E-state index contributed by atoms with van der Waals surface area (Å²) in [5, 5.41) is 2.60. The van der Waals surface area contributed by atoms with Gasteiger partial charge >= 0.3 is 0 Å². The minimum atomic E-state index is -3.57. The van der Waals surface area contributed by atoms with Gasteiger partial charge in [-0.3, -0.25) is 4.79 Å². The largest absolute Gasteiger partial charge is 0.494 e. The monoisotopic (exact) mass is 378 g/mol. The zero-order valence-corrected chi connectivity index (χ0v) is 15.1. The number of rotatable bonds is 5. The first-order chi connectivity index (χ1) is 12.4. The number of anilines is 1. The number of amides is 1. The van der Waals surface area contributed by atoms with Gasteiger partial charge in [0.15, 0.2) is 11.6 Å². The summed E-state index contributed by atoms with van der Waals surface area (Å²) in [6.07, 6.45) is 1.69. The first-order valence-electron chi connectivity index (χ1n) is 8.17. The normalized spacial score (nSPS) is 15.0. The molecule has 2 aromatic carbocycles. The fourth-order valence-electron chi connectivity index (χ4n) is 2.82. The third-order valence-electron chi connectivity index (χ3n) is 4.21. The van der Waals surface area contributed by atoms with Crippen molar-refractivity contribution in [3.63, 3.8) is 0 Å². The number of carbonyl (C=O) groups excluding carboxylic acids is 1. The summed E-state index contributed by atoms with van der Waals surface area (Å²) in [4.78, 5) is 12.4. The molecule has 0 aliphatic carbocycles. The molecular formula is C18H19FN2O4S. The standard InChI is InChI=1S/C18H19FN2O4S/c1-25-17-8-7-13(11-16(17)19)18(22)20-14-5-4-6-15(12-14)26(23,24)21-9-2-3-10-21/h4-8,11-12H,2-3,9-10H2,1H3,(H,20,22). The fraction of sp³-hybridized carbons (Fsp3) is 0.278. The highest BCUT2D eigenvalue weighted by atomic mass is 32.2. The third-order valence-corrected chi connectivity index (χ3v) is 6.10. The van der Waals surface area contributed by atoms with E-state index in [1.165, 1.54) is 35.7 Å². The summed E-state index contributed by atoms with van der Waals surface area (Å²) in [6, 6.07) is 9.91. The molecule has 1 amide bonds. The number of sulfonamides is 1. The molecule has 1 heterocycles. The molecule has 3 rings (SSSR count). The Labute approximate surface area is 151 Å². The molecule has 26 heavy (non-hydrogen) atoms. The van der Waals surface area contributed by atoms with Crippen LogP contribution in [0.1, 0.15) is 23.2 Å². The molecule has 2 aromatic rings. The van der Waals surface area contributed by atoms with Crippen molar-refractivity contribution in [2.75, 3.05) is 25.5 Å². The molecule has 0 atom stereocenters. The van der Waals surface area contributed by atoms with Crippen LogP contribution in [0.3, 0.4) is 0 Å². The molecule has 0 saturated carbocycles. The Morgan fingerprint density at radius 1 is 1.15 bits per heavy atom. The van der Waals surface area contributed by atoms with Crippen LogP contribution in [0, 0.1) is 5.82 Å². The summed E-state index contributed by atoms with van der Waals surface area (Å²) >= 11 is 0. The molecule has 6 nitrogen and oxygen atoms in total. The molecule has 138 valence electrons. The second-order valence-electron chi connectivity index (χ2n) is 5.94. The van der Waals surface area contributed by atoms with E-state index >= 15 is 0 Å². The molecule has 1 N–H and O–H groups in total. The van der Waals surface area contributed by atoms with Crippen molar-refractivity contribution in [2.45, 2.75) is 17.7 Å². The van der Waals surface area contributed by atoms with E-state index in [9.17, 15) is 17.6 Å². The minimum absolute atomic E-state index is 0.0419. The van der Waals surface area contributed by atoms with E-state index in [2.05, 4.69) is 5.32 Å². The molecule has 1 fully saturated rings. The van der Waals surface area contributed by atoms with E-state index in [1.54, 1.807) is 12.1 Å². The van der Waals surface area contributed by atoms with Crippen molar-refractivity contribution in [3.05, 3.63) is 53.8 Å². The third kappa shape index (κ3) is 3.71. The lowest BCUT2D eigenvalue weighted by molar-refractivity contribution is 0.102. The van der Waals surface area contributed by atoms with Gasteiger partial charge in [-0.05, 0) is 49.2 Å². The van der Waals surface area contributed by atoms with Gasteiger partial charge in [0.2, 0.25) is 10.0 Å². The van der Waals surface area contributed by atoms with Crippen LogP contribution in [-0.4, -0.2) is 38.8 Å². The summed E-state index contributed by atoms with van der Waals surface area (Å²) in [5.41, 5.74) is 0.433. The van der Waals surface area contributed by atoms with Gasteiger partial charge in [-0.2, -0.15) is 4.31 Å². The van der Waals surface area contributed by atoms with E-state index in [0.717, 1.165) is 18.9 Å². The fourth-order valence-corrected chi connectivity index (χ4v) is 4.39. The Kier molecular flexibility index (Phi) is 5.24. The Hall–Kier alpha value is -2.45. The van der Waals surface area contributed by atoms with E-state index in [4.69, 9.17) is 4.74 Å². The molecule has 8 heteroatoms. The van der Waals surface area contributed by atoms with Crippen LogP contribution in [0.15, 0.2) is 47.4 Å². The highest BCUT2D eigenvalue weighted by Gasteiger charge is 2.27. The van der Waals surface area contributed by atoms with Crippen molar-refractivity contribution in [1.82, 2.24) is 4.31 Å². The molecular weight excluding hydrogens is 359 g/mol. The highest BCUT2D eigenvalue weighted by molar-refractivity contribution is 7.89. The number of hydrogen-bond donors (Lipinski definition) is 1. The topological polar surface area (TPSA) is 75.7 Å². The molecule has 1 saturated heterocycles. The molecule has 0 aromatic heterocycles. The van der Waals surface area contributed by atoms with Crippen molar-refractivity contribution in [2.24, 2.45) is 0 Å². The summed E-state index contributed by atoms with van der Waals surface area (Å²) < 4.78 is 45.2. The van der Waals surface area contributed by atoms with Gasteiger partial charge < -0.3 is 10.1 Å². The molecule has 1 aliphatic heterocycles. The van der Waals surface area contributed by atoms with Crippen molar-refractivity contribution < 1.29 is 22.3 Å². The average molecular weight is 378 g/mol. The van der Waals surface area contributed by atoms with Crippen molar-refractivity contribution in [1.29, 1.82) is 0 Å². The molecule has 0 unspecified atom stereocenters. The Morgan fingerprint density at radius 2 is 1.88 bits per heavy atom.